The van der Waals surface area contributed by atoms with Crippen molar-refractivity contribution in [3.05, 3.63) is 23.3 Å². The lowest BCUT2D eigenvalue weighted by Crippen LogP contribution is -2.35. The van der Waals surface area contributed by atoms with Crippen LogP contribution in [-0.4, -0.2) is 32.4 Å². The molecular weight excluding hydrogens is 216 g/mol. The largest absolute Gasteiger partial charge is 0.368 e. The number of likely N-dealkylation sites (N-methyl/N-ethyl adjacent to an activating group) is 1. The van der Waals surface area contributed by atoms with Gasteiger partial charge in [-0.1, -0.05) is 6.07 Å². The van der Waals surface area contributed by atoms with Crippen LogP contribution in [-0.2, 0) is 0 Å². The van der Waals surface area contributed by atoms with Crippen LogP contribution in [0.2, 0.25) is 0 Å². The number of aryl methyl sites for hydroxylation is 1. The van der Waals surface area contributed by atoms with Crippen molar-refractivity contribution in [1.82, 2.24) is 5.32 Å². The zero-order valence-corrected chi connectivity index (χ0v) is 11.2. The molecule has 16 heavy (non-hydrogen) atoms. The molecule has 3 heteroatoms. The van der Waals surface area contributed by atoms with Crippen LogP contribution in [0.15, 0.2) is 17.0 Å². The smallest absolute Gasteiger partial charge is 0.0537 e. The second-order valence-corrected chi connectivity index (χ2v) is 5.43. The number of hydrogen-bond acceptors (Lipinski definition) is 3. The Morgan fingerprint density at radius 3 is 2.94 bits per heavy atom. The van der Waals surface area contributed by atoms with Crippen LogP contribution < -0.4 is 10.2 Å². The molecule has 0 aromatic heterocycles. The molecule has 1 heterocycles. The van der Waals surface area contributed by atoms with Crippen LogP contribution in [0.3, 0.4) is 0 Å². The van der Waals surface area contributed by atoms with Gasteiger partial charge in [-0.05, 0) is 38.1 Å². The monoisotopic (exact) mass is 236 g/mol. The predicted molar refractivity (Wildman–Crippen MR) is 72.8 cm³/mol. The lowest BCUT2D eigenvalue weighted by atomic mass is 10.1. The van der Waals surface area contributed by atoms with Crippen molar-refractivity contribution < 1.29 is 0 Å². The average molecular weight is 236 g/mol. The minimum atomic E-state index is 1.05. The third kappa shape index (κ3) is 2.20. The lowest BCUT2D eigenvalue weighted by molar-refractivity contribution is 0.728. The Bertz CT molecular complexity index is 376. The van der Waals surface area contributed by atoms with E-state index < -0.39 is 0 Å². The van der Waals surface area contributed by atoms with Crippen LogP contribution in [0, 0.1) is 13.8 Å². The predicted octanol–water partition coefficient (Wildman–Crippen LogP) is 2.43. The van der Waals surface area contributed by atoms with Crippen LogP contribution in [0.5, 0.6) is 0 Å². The molecule has 0 fully saturated rings. The summed E-state index contributed by atoms with van der Waals surface area (Å²) in [6.07, 6.45) is 0. The lowest BCUT2D eigenvalue weighted by Gasteiger charge is -2.33. The Labute approximate surface area is 102 Å². The van der Waals surface area contributed by atoms with Crippen molar-refractivity contribution in [3.63, 3.8) is 0 Å². The molecule has 0 amide bonds. The van der Waals surface area contributed by atoms with E-state index in [0.717, 1.165) is 13.1 Å². The van der Waals surface area contributed by atoms with Crippen molar-refractivity contribution in [2.75, 3.05) is 37.3 Å². The third-order valence-electron chi connectivity index (χ3n) is 3.23. The molecule has 2 nitrogen and oxygen atoms in total. The zero-order valence-electron chi connectivity index (χ0n) is 10.3. The summed E-state index contributed by atoms with van der Waals surface area (Å²) in [4.78, 5) is 3.97. The molecule has 1 aromatic carbocycles. The van der Waals surface area contributed by atoms with E-state index >= 15 is 0 Å². The van der Waals surface area contributed by atoms with Gasteiger partial charge in [-0.25, -0.2) is 0 Å². The third-order valence-corrected chi connectivity index (χ3v) is 4.26. The highest BCUT2D eigenvalue weighted by molar-refractivity contribution is 7.99. The van der Waals surface area contributed by atoms with E-state index in [0.29, 0.717) is 0 Å². The Morgan fingerprint density at radius 1 is 1.38 bits per heavy atom. The van der Waals surface area contributed by atoms with Crippen LogP contribution in [0.4, 0.5) is 5.69 Å². The summed E-state index contributed by atoms with van der Waals surface area (Å²) in [5.74, 6) is 1.21. The van der Waals surface area contributed by atoms with Crippen molar-refractivity contribution in [2.24, 2.45) is 0 Å². The summed E-state index contributed by atoms with van der Waals surface area (Å²) in [5, 5.41) is 3.23. The van der Waals surface area contributed by atoms with Crippen LogP contribution in [0.25, 0.3) is 0 Å². The fraction of sp³-hybridized carbons (Fsp3) is 0.538. The number of hydrogen-bond donors (Lipinski definition) is 1. The Morgan fingerprint density at radius 2 is 2.19 bits per heavy atom. The molecule has 0 saturated heterocycles. The highest BCUT2D eigenvalue weighted by Crippen LogP contribution is 2.38. The molecule has 1 N–H and O–H groups in total. The number of rotatable bonds is 3. The molecule has 0 radical (unpaired) electrons. The van der Waals surface area contributed by atoms with Crippen molar-refractivity contribution >= 4 is 17.4 Å². The molecule has 0 aliphatic carbocycles. The quantitative estimate of drug-likeness (QED) is 0.868. The Balaban J connectivity index is 2.32. The second-order valence-electron chi connectivity index (χ2n) is 4.29. The first-order chi connectivity index (χ1) is 7.74. The summed E-state index contributed by atoms with van der Waals surface area (Å²) in [5.41, 5.74) is 4.31. The normalized spacial score (nSPS) is 15.1. The van der Waals surface area contributed by atoms with Gasteiger partial charge < -0.3 is 10.2 Å². The number of fused-ring (bicyclic) bond motifs is 1. The van der Waals surface area contributed by atoms with Crippen LogP contribution >= 0.6 is 11.8 Å². The number of nitrogens with one attached hydrogen (secondary N) is 1. The van der Waals surface area contributed by atoms with Gasteiger partial charge in [0, 0.05) is 30.3 Å². The van der Waals surface area contributed by atoms with Crippen molar-refractivity contribution in [2.45, 2.75) is 18.7 Å². The average Bonchev–Trinajstić information content (AvgIpc) is 2.31. The van der Waals surface area contributed by atoms with E-state index in [1.54, 1.807) is 0 Å². The van der Waals surface area contributed by atoms with Gasteiger partial charge in [0.2, 0.25) is 0 Å². The highest BCUT2D eigenvalue weighted by atomic mass is 32.2. The molecule has 1 aromatic rings. The van der Waals surface area contributed by atoms with Crippen molar-refractivity contribution in [1.29, 1.82) is 0 Å². The van der Waals surface area contributed by atoms with Gasteiger partial charge in [-0.2, -0.15) is 0 Å². The molecule has 88 valence electrons. The first kappa shape index (κ1) is 11.8. The first-order valence-electron chi connectivity index (χ1n) is 5.86. The minimum absolute atomic E-state index is 1.05. The first-order valence-corrected chi connectivity index (χ1v) is 6.85. The maximum absolute atomic E-state index is 3.23. The van der Waals surface area contributed by atoms with E-state index in [4.69, 9.17) is 0 Å². The molecule has 1 aliphatic rings. The van der Waals surface area contributed by atoms with Gasteiger partial charge in [0.25, 0.3) is 0 Å². The second kappa shape index (κ2) is 5.11. The van der Waals surface area contributed by atoms with E-state index in [2.05, 4.69) is 36.2 Å². The van der Waals surface area contributed by atoms with E-state index in [9.17, 15) is 0 Å². The van der Waals surface area contributed by atoms with Gasteiger partial charge in [-0.3, -0.25) is 0 Å². The van der Waals surface area contributed by atoms with Gasteiger partial charge in [0.1, 0.15) is 0 Å². The van der Waals surface area contributed by atoms with Gasteiger partial charge in [0.05, 0.1) is 5.69 Å². The molecule has 0 atom stereocenters. The van der Waals surface area contributed by atoms with E-state index in [1.165, 1.54) is 34.0 Å². The minimum Gasteiger partial charge on any atom is -0.368 e. The molecule has 2 rings (SSSR count). The fourth-order valence-electron chi connectivity index (χ4n) is 2.13. The zero-order chi connectivity index (χ0) is 11.5. The van der Waals surface area contributed by atoms with E-state index in [1.807, 2.05) is 18.8 Å². The van der Waals surface area contributed by atoms with Gasteiger partial charge in [0.15, 0.2) is 0 Å². The molecule has 0 bridgehead atoms. The van der Waals surface area contributed by atoms with Crippen LogP contribution in [0.1, 0.15) is 11.1 Å². The fourth-order valence-corrected chi connectivity index (χ4v) is 3.25. The Kier molecular flexibility index (Phi) is 3.77. The molecule has 0 unspecified atom stereocenters. The summed E-state index contributed by atoms with van der Waals surface area (Å²) in [6, 6.07) is 4.51. The topological polar surface area (TPSA) is 15.3 Å². The number of thioether (sulfide) groups is 1. The van der Waals surface area contributed by atoms with Gasteiger partial charge >= 0.3 is 0 Å². The number of nitrogens with zero attached hydrogens (tertiary/aromatic N) is 1. The summed E-state index contributed by atoms with van der Waals surface area (Å²) in [6.45, 7) is 7.77. The molecular formula is C13H20N2S. The summed E-state index contributed by atoms with van der Waals surface area (Å²) >= 11 is 1.99. The van der Waals surface area contributed by atoms with Crippen molar-refractivity contribution in [3.8, 4) is 0 Å². The molecule has 0 saturated carbocycles. The maximum atomic E-state index is 3.23. The number of benzene rings is 1. The Hall–Kier alpha value is -0.670. The summed E-state index contributed by atoms with van der Waals surface area (Å²) < 4.78 is 0. The molecule has 1 aliphatic heterocycles. The highest BCUT2D eigenvalue weighted by Gasteiger charge is 2.19. The van der Waals surface area contributed by atoms with E-state index in [-0.39, 0.29) is 0 Å². The standard InChI is InChI=1S/C13H20N2S/c1-10-4-5-12-13(11(10)2)15(7-6-14-3)8-9-16-12/h4-5,14H,6-9H2,1-3H3. The molecule has 0 spiro atoms. The number of anilines is 1. The SMILES string of the molecule is CNCCN1CCSc2ccc(C)c(C)c21. The van der Waals surface area contributed by atoms with Gasteiger partial charge in [-0.15, -0.1) is 11.8 Å². The summed E-state index contributed by atoms with van der Waals surface area (Å²) in [7, 11) is 2.02. The maximum Gasteiger partial charge on any atom is 0.0537 e.